The first-order valence-corrected chi connectivity index (χ1v) is 11.0. The van der Waals surface area contributed by atoms with Crippen LogP contribution in [0.2, 0.25) is 0 Å². The molecule has 4 rings (SSSR count). The van der Waals surface area contributed by atoms with Crippen molar-refractivity contribution in [2.24, 2.45) is 0 Å². The third kappa shape index (κ3) is 4.77. The van der Waals surface area contributed by atoms with Crippen LogP contribution in [0.1, 0.15) is 33.2 Å². The maximum atomic E-state index is 13.7. The van der Waals surface area contributed by atoms with Gasteiger partial charge in [-0.3, -0.25) is 9.59 Å². The fraction of sp³-hybridized carbons (Fsp3) is 0.179. The molecular weight excluding hydrogens is 410 g/mol. The fourth-order valence-electron chi connectivity index (χ4n) is 3.84. The molecule has 0 aliphatic carbocycles. The number of aromatic nitrogens is 1. The van der Waals surface area contributed by atoms with Gasteiger partial charge in [-0.1, -0.05) is 60.7 Å². The number of fused-ring (bicyclic) bond motifs is 1. The molecule has 3 aromatic carbocycles. The van der Waals surface area contributed by atoms with Gasteiger partial charge >= 0.3 is 0 Å². The fourth-order valence-corrected chi connectivity index (χ4v) is 3.84. The monoisotopic (exact) mass is 437 g/mol. The molecule has 0 N–H and O–H groups in total. The first-order valence-electron chi connectivity index (χ1n) is 11.0. The number of para-hydroxylation sites is 1. The van der Waals surface area contributed by atoms with E-state index in [1.165, 1.54) is 0 Å². The van der Waals surface area contributed by atoms with Gasteiger partial charge < -0.3 is 9.80 Å². The third-order valence-corrected chi connectivity index (χ3v) is 5.67. The molecule has 2 amide bonds. The summed E-state index contributed by atoms with van der Waals surface area (Å²) in [5.41, 5.74) is 4.79. The van der Waals surface area contributed by atoms with Crippen LogP contribution in [0.5, 0.6) is 0 Å². The Labute approximate surface area is 194 Å². The smallest absolute Gasteiger partial charge is 0.254 e. The van der Waals surface area contributed by atoms with Crippen LogP contribution in [-0.4, -0.2) is 47.2 Å². The second-order valence-corrected chi connectivity index (χ2v) is 8.15. The Bertz CT molecular complexity index is 1280. The average Bonchev–Trinajstić information content (AvgIpc) is 2.86. The van der Waals surface area contributed by atoms with Crippen molar-refractivity contribution in [3.05, 3.63) is 102 Å². The van der Waals surface area contributed by atoms with E-state index in [1.807, 2.05) is 96.8 Å². The zero-order chi connectivity index (χ0) is 23.4. The summed E-state index contributed by atoms with van der Waals surface area (Å²) in [5.74, 6) is -0.0802. The van der Waals surface area contributed by atoms with Crippen LogP contribution < -0.4 is 0 Å². The zero-order valence-corrected chi connectivity index (χ0v) is 19.2. The lowest BCUT2D eigenvalue weighted by atomic mass is 10.0. The number of rotatable bonds is 6. The first kappa shape index (κ1) is 22.2. The van der Waals surface area contributed by atoms with Gasteiger partial charge in [0.2, 0.25) is 0 Å². The summed E-state index contributed by atoms with van der Waals surface area (Å²) in [4.78, 5) is 34.0. The first-order chi connectivity index (χ1) is 16.0. The molecule has 0 spiro atoms. The Balaban J connectivity index is 1.67. The Morgan fingerprint density at radius 3 is 2.15 bits per heavy atom. The Kier molecular flexibility index (Phi) is 6.50. The summed E-state index contributed by atoms with van der Waals surface area (Å²) in [6.07, 6.45) is 0. The van der Waals surface area contributed by atoms with E-state index in [0.717, 1.165) is 27.7 Å². The average molecular weight is 438 g/mol. The van der Waals surface area contributed by atoms with Gasteiger partial charge in [0.25, 0.3) is 11.8 Å². The van der Waals surface area contributed by atoms with Gasteiger partial charge in [-0.2, -0.15) is 0 Å². The number of benzene rings is 3. The van der Waals surface area contributed by atoms with Crippen molar-refractivity contribution in [3.8, 4) is 11.3 Å². The highest BCUT2D eigenvalue weighted by atomic mass is 16.2. The standard InChI is InChI=1S/C28H27N3O2/c1-4-31(19-20-14-16-22(17-15-20)27(32)30(2)3)28(33)24-18-26(21-10-6-5-7-11-21)29-25-13-9-8-12-23(24)25/h5-18H,4,19H2,1-3H3. The number of hydrogen-bond acceptors (Lipinski definition) is 3. The molecule has 0 saturated heterocycles. The molecule has 0 unspecified atom stereocenters. The van der Waals surface area contributed by atoms with E-state index in [4.69, 9.17) is 4.98 Å². The van der Waals surface area contributed by atoms with Gasteiger partial charge in [0.15, 0.2) is 0 Å². The summed E-state index contributed by atoms with van der Waals surface area (Å²) >= 11 is 0. The predicted octanol–water partition coefficient (Wildman–Crippen LogP) is 5.27. The van der Waals surface area contributed by atoms with E-state index in [2.05, 4.69) is 0 Å². The summed E-state index contributed by atoms with van der Waals surface area (Å²) in [7, 11) is 3.47. The number of nitrogens with zero attached hydrogens (tertiary/aromatic N) is 3. The van der Waals surface area contributed by atoms with Crippen molar-refractivity contribution in [1.29, 1.82) is 0 Å². The maximum Gasteiger partial charge on any atom is 0.254 e. The zero-order valence-electron chi connectivity index (χ0n) is 19.2. The van der Waals surface area contributed by atoms with Crippen molar-refractivity contribution in [2.75, 3.05) is 20.6 Å². The second kappa shape index (κ2) is 9.65. The van der Waals surface area contributed by atoms with Crippen LogP contribution in [0.3, 0.4) is 0 Å². The lowest BCUT2D eigenvalue weighted by molar-refractivity contribution is 0.0753. The van der Waals surface area contributed by atoms with Gasteiger partial charge in [-0.25, -0.2) is 4.98 Å². The molecule has 1 aromatic heterocycles. The van der Waals surface area contributed by atoms with Crippen molar-refractivity contribution in [2.45, 2.75) is 13.5 Å². The van der Waals surface area contributed by atoms with Crippen LogP contribution in [0.4, 0.5) is 0 Å². The maximum absolute atomic E-state index is 13.7. The third-order valence-electron chi connectivity index (χ3n) is 5.67. The molecule has 5 nitrogen and oxygen atoms in total. The van der Waals surface area contributed by atoms with E-state index in [1.54, 1.807) is 19.0 Å². The van der Waals surface area contributed by atoms with Gasteiger partial charge in [0, 0.05) is 43.7 Å². The van der Waals surface area contributed by atoms with Crippen LogP contribution in [0.15, 0.2) is 84.9 Å². The lowest BCUT2D eigenvalue weighted by Crippen LogP contribution is -2.30. The molecule has 0 aliphatic rings. The Morgan fingerprint density at radius 1 is 0.818 bits per heavy atom. The SMILES string of the molecule is CCN(Cc1ccc(C(=O)N(C)C)cc1)C(=O)c1cc(-c2ccccc2)nc2ccccc12. The van der Waals surface area contributed by atoms with Gasteiger partial charge in [-0.15, -0.1) is 0 Å². The molecule has 5 heteroatoms. The minimum absolute atomic E-state index is 0.0401. The van der Waals surface area contributed by atoms with E-state index >= 15 is 0 Å². The summed E-state index contributed by atoms with van der Waals surface area (Å²) in [5, 5.41) is 0.840. The normalized spacial score (nSPS) is 10.8. The Hall–Kier alpha value is -3.99. The molecular formula is C28H27N3O2. The van der Waals surface area contributed by atoms with Crippen molar-refractivity contribution < 1.29 is 9.59 Å². The van der Waals surface area contributed by atoms with E-state index in [9.17, 15) is 9.59 Å². The van der Waals surface area contributed by atoms with Crippen molar-refractivity contribution in [3.63, 3.8) is 0 Å². The molecule has 1 heterocycles. The molecule has 0 bridgehead atoms. The molecule has 4 aromatic rings. The van der Waals surface area contributed by atoms with Gasteiger partial charge in [0.1, 0.15) is 0 Å². The van der Waals surface area contributed by atoms with Crippen molar-refractivity contribution in [1.82, 2.24) is 14.8 Å². The highest BCUT2D eigenvalue weighted by Gasteiger charge is 2.19. The van der Waals surface area contributed by atoms with E-state index in [-0.39, 0.29) is 11.8 Å². The molecule has 33 heavy (non-hydrogen) atoms. The number of amides is 2. The van der Waals surface area contributed by atoms with Crippen LogP contribution in [-0.2, 0) is 6.54 Å². The highest BCUT2D eigenvalue weighted by Crippen LogP contribution is 2.26. The number of pyridine rings is 1. The van der Waals surface area contributed by atoms with E-state index in [0.29, 0.717) is 24.2 Å². The van der Waals surface area contributed by atoms with Gasteiger partial charge in [0.05, 0.1) is 16.8 Å². The van der Waals surface area contributed by atoms with Crippen LogP contribution in [0.25, 0.3) is 22.2 Å². The largest absolute Gasteiger partial charge is 0.345 e. The molecule has 0 aliphatic heterocycles. The molecule has 0 fully saturated rings. The number of carbonyl (C=O) groups excluding carboxylic acids is 2. The summed E-state index contributed by atoms with van der Waals surface area (Å²) in [6.45, 7) is 3.00. The molecule has 0 atom stereocenters. The van der Waals surface area contributed by atoms with Gasteiger partial charge in [-0.05, 0) is 36.8 Å². The van der Waals surface area contributed by atoms with Crippen LogP contribution >= 0.6 is 0 Å². The highest BCUT2D eigenvalue weighted by molar-refractivity contribution is 6.07. The van der Waals surface area contributed by atoms with Crippen molar-refractivity contribution >= 4 is 22.7 Å². The molecule has 166 valence electrons. The predicted molar refractivity (Wildman–Crippen MR) is 132 cm³/mol. The topological polar surface area (TPSA) is 53.5 Å². The van der Waals surface area contributed by atoms with E-state index < -0.39 is 0 Å². The summed E-state index contributed by atoms with van der Waals surface area (Å²) < 4.78 is 0. The Morgan fingerprint density at radius 2 is 1.48 bits per heavy atom. The minimum Gasteiger partial charge on any atom is -0.345 e. The van der Waals surface area contributed by atoms with Crippen LogP contribution in [0, 0.1) is 0 Å². The minimum atomic E-state index is -0.0401. The lowest BCUT2D eigenvalue weighted by Gasteiger charge is -2.22. The number of carbonyl (C=O) groups is 2. The summed E-state index contributed by atoms with van der Waals surface area (Å²) in [6, 6.07) is 27.0. The molecule has 0 radical (unpaired) electrons. The quantitative estimate of drug-likeness (QED) is 0.413. The number of hydrogen-bond donors (Lipinski definition) is 0. The second-order valence-electron chi connectivity index (χ2n) is 8.15. The molecule has 0 saturated carbocycles.